The first kappa shape index (κ1) is 19.1. The smallest absolute Gasteiger partial charge is 0.250 e. The monoisotopic (exact) mass is 438 g/mol. The Bertz CT molecular complexity index is 981. The lowest BCUT2D eigenvalue weighted by molar-refractivity contribution is -0.133. The van der Waals surface area contributed by atoms with Crippen LogP contribution in [0, 0.1) is 5.92 Å². The maximum atomic E-state index is 13.5. The zero-order chi connectivity index (χ0) is 20.1. The van der Waals surface area contributed by atoms with Gasteiger partial charge in [0.15, 0.2) is 5.78 Å². The Labute approximate surface area is 173 Å². The van der Waals surface area contributed by atoms with E-state index in [0.29, 0.717) is 6.54 Å². The molecule has 0 bridgehead atoms. The van der Waals surface area contributed by atoms with Gasteiger partial charge in [-0.25, -0.2) is 0 Å². The van der Waals surface area contributed by atoms with Gasteiger partial charge in [0.2, 0.25) is 5.91 Å². The van der Waals surface area contributed by atoms with Gasteiger partial charge in [-0.05, 0) is 50.7 Å². The molecule has 2 aromatic carbocycles. The SMILES string of the molecule is CC(C)=CC(=O)[C@@H]1[C@@H](c2ccccc2)CN(C)[C@@]12C(=O)Nc1ccc(Br)cc12. The molecule has 0 aliphatic carbocycles. The number of carbonyl (C=O) groups excluding carboxylic acids is 2. The highest BCUT2D eigenvalue weighted by molar-refractivity contribution is 9.10. The summed E-state index contributed by atoms with van der Waals surface area (Å²) in [6.07, 6.45) is 1.69. The molecule has 1 amide bonds. The second-order valence-electron chi connectivity index (χ2n) is 7.91. The highest BCUT2D eigenvalue weighted by atomic mass is 79.9. The summed E-state index contributed by atoms with van der Waals surface area (Å²) in [4.78, 5) is 29.0. The molecule has 5 heteroatoms. The lowest BCUT2D eigenvalue weighted by Crippen LogP contribution is -2.51. The minimum Gasteiger partial charge on any atom is -0.324 e. The summed E-state index contributed by atoms with van der Waals surface area (Å²) in [5, 5.41) is 3.02. The van der Waals surface area contributed by atoms with Crippen LogP contribution in [0.2, 0.25) is 0 Å². The van der Waals surface area contributed by atoms with Crippen LogP contribution in [0.5, 0.6) is 0 Å². The molecular weight excluding hydrogens is 416 g/mol. The number of allylic oxidation sites excluding steroid dienone is 2. The number of ketones is 1. The Balaban J connectivity index is 1.95. The molecule has 1 fully saturated rings. The van der Waals surface area contributed by atoms with Crippen LogP contribution in [0.15, 0.2) is 64.7 Å². The minimum atomic E-state index is -1.01. The van der Waals surface area contributed by atoms with Crippen LogP contribution >= 0.6 is 15.9 Å². The first-order valence-corrected chi connectivity index (χ1v) is 10.2. The van der Waals surface area contributed by atoms with Gasteiger partial charge in [0.25, 0.3) is 0 Å². The Morgan fingerprint density at radius 1 is 1.21 bits per heavy atom. The summed E-state index contributed by atoms with van der Waals surface area (Å²) in [6.45, 7) is 4.47. The molecule has 2 aromatic rings. The van der Waals surface area contributed by atoms with E-state index in [9.17, 15) is 9.59 Å². The maximum absolute atomic E-state index is 13.5. The fourth-order valence-corrected chi connectivity index (χ4v) is 5.18. The van der Waals surface area contributed by atoms with Crippen molar-refractivity contribution in [1.29, 1.82) is 0 Å². The quantitative estimate of drug-likeness (QED) is 0.718. The number of amides is 1. The molecule has 3 atom stereocenters. The Morgan fingerprint density at radius 3 is 2.61 bits per heavy atom. The Morgan fingerprint density at radius 2 is 1.93 bits per heavy atom. The number of benzene rings is 2. The van der Waals surface area contributed by atoms with Crippen molar-refractivity contribution in [3.8, 4) is 0 Å². The highest BCUT2D eigenvalue weighted by Crippen LogP contribution is 2.55. The highest BCUT2D eigenvalue weighted by Gasteiger charge is 2.63. The van der Waals surface area contributed by atoms with Gasteiger partial charge in [-0.3, -0.25) is 14.5 Å². The predicted octanol–water partition coefficient (Wildman–Crippen LogP) is 4.48. The largest absolute Gasteiger partial charge is 0.324 e. The van der Waals surface area contributed by atoms with Gasteiger partial charge in [0.05, 0.1) is 5.92 Å². The second kappa shape index (κ2) is 6.98. The number of rotatable bonds is 3. The molecule has 1 saturated heterocycles. The maximum Gasteiger partial charge on any atom is 0.250 e. The van der Waals surface area contributed by atoms with Crippen LogP contribution in [0.4, 0.5) is 5.69 Å². The zero-order valence-electron chi connectivity index (χ0n) is 16.2. The minimum absolute atomic E-state index is 0.00109. The fourth-order valence-electron chi connectivity index (χ4n) is 4.82. The third-order valence-electron chi connectivity index (χ3n) is 5.88. The van der Waals surface area contributed by atoms with Crippen molar-refractivity contribution in [3.63, 3.8) is 0 Å². The Kier molecular flexibility index (Phi) is 4.76. The number of likely N-dealkylation sites (N-methyl/N-ethyl adjacent to an activating group) is 1. The molecule has 2 heterocycles. The van der Waals surface area contributed by atoms with E-state index in [-0.39, 0.29) is 17.6 Å². The van der Waals surface area contributed by atoms with Gasteiger partial charge in [-0.1, -0.05) is 51.8 Å². The molecule has 28 heavy (non-hydrogen) atoms. The number of hydrogen-bond acceptors (Lipinski definition) is 3. The summed E-state index contributed by atoms with van der Waals surface area (Å²) in [7, 11) is 1.95. The van der Waals surface area contributed by atoms with Crippen molar-refractivity contribution in [2.45, 2.75) is 25.3 Å². The summed E-state index contributed by atoms with van der Waals surface area (Å²) >= 11 is 3.54. The summed E-state index contributed by atoms with van der Waals surface area (Å²) in [5.74, 6) is -0.682. The molecule has 1 N–H and O–H groups in total. The first-order chi connectivity index (χ1) is 13.4. The van der Waals surface area contributed by atoms with Crippen molar-refractivity contribution >= 4 is 33.3 Å². The molecule has 0 unspecified atom stereocenters. The molecule has 144 valence electrons. The first-order valence-electron chi connectivity index (χ1n) is 9.42. The van der Waals surface area contributed by atoms with Crippen LogP contribution < -0.4 is 5.32 Å². The van der Waals surface area contributed by atoms with E-state index in [4.69, 9.17) is 0 Å². The third kappa shape index (κ3) is 2.76. The predicted molar refractivity (Wildman–Crippen MR) is 114 cm³/mol. The lowest BCUT2D eigenvalue weighted by atomic mass is 9.71. The number of hydrogen-bond donors (Lipinski definition) is 1. The molecular formula is C23H23BrN2O2. The fraction of sp³-hybridized carbons (Fsp3) is 0.304. The van der Waals surface area contributed by atoms with Gasteiger partial charge in [-0.2, -0.15) is 0 Å². The van der Waals surface area contributed by atoms with Gasteiger partial charge in [0.1, 0.15) is 5.54 Å². The van der Waals surface area contributed by atoms with Gasteiger partial charge >= 0.3 is 0 Å². The van der Waals surface area contributed by atoms with E-state index < -0.39 is 11.5 Å². The third-order valence-corrected chi connectivity index (χ3v) is 6.37. The molecule has 2 aliphatic heterocycles. The number of nitrogens with zero attached hydrogens (tertiary/aromatic N) is 1. The number of halogens is 1. The number of nitrogens with one attached hydrogen (secondary N) is 1. The van der Waals surface area contributed by atoms with Crippen molar-refractivity contribution in [2.75, 3.05) is 18.9 Å². The lowest BCUT2D eigenvalue weighted by Gasteiger charge is -2.35. The average molecular weight is 439 g/mol. The molecule has 4 rings (SSSR count). The van der Waals surface area contributed by atoms with Crippen LogP contribution in [0.1, 0.15) is 30.9 Å². The van der Waals surface area contributed by atoms with Crippen molar-refractivity contribution in [2.24, 2.45) is 5.92 Å². The van der Waals surface area contributed by atoms with Crippen LogP contribution in [0.3, 0.4) is 0 Å². The number of likely N-dealkylation sites (tertiary alicyclic amines) is 1. The van der Waals surface area contributed by atoms with E-state index in [1.165, 1.54) is 0 Å². The molecule has 4 nitrogen and oxygen atoms in total. The molecule has 1 spiro atoms. The van der Waals surface area contributed by atoms with Crippen LogP contribution in [-0.2, 0) is 15.1 Å². The number of carbonyl (C=O) groups is 2. The molecule has 0 saturated carbocycles. The number of anilines is 1. The van der Waals surface area contributed by atoms with E-state index in [0.717, 1.165) is 26.9 Å². The number of fused-ring (bicyclic) bond motifs is 2. The second-order valence-corrected chi connectivity index (χ2v) is 8.83. The summed E-state index contributed by atoms with van der Waals surface area (Å²) < 4.78 is 0.895. The van der Waals surface area contributed by atoms with Gasteiger partial charge in [0, 0.05) is 28.2 Å². The van der Waals surface area contributed by atoms with Gasteiger partial charge in [-0.15, -0.1) is 0 Å². The van der Waals surface area contributed by atoms with E-state index >= 15 is 0 Å². The van der Waals surface area contributed by atoms with E-state index in [1.807, 2.05) is 57.3 Å². The zero-order valence-corrected chi connectivity index (χ0v) is 17.8. The normalized spacial score (nSPS) is 26.2. The summed E-state index contributed by atoms with van der Waals surface area (Å²) in [5.41, 5.74) is 2.66. The topological polar surface area (TPSA) is 49.4 Å². The van der Waals surface area contributed by atoms with Crippen molar-refractivity contribution in [1.82, 2.24) is 4.90 Å². The summed E-state index contributed by atoms with van der Waals surface area (Å²) in [6, 6.07) is 15.8. The van der Waals surface area contributed by atoms with E-state index in [2.05, 4.69) is 38.3 Å². The van der Waals surface area contributed by atoms with Crippen molar-refractivity contribution in [3.05, 3.63) is 75.8 Å². The average Bonchev–Trinajstić information content (AvgIpc) is 3.12. The molecule has 0 radical (unpaired) electrons. The standard InChI is InChI=1S/C23H23BrN2O2/c1-14(2)11-20(27)21-17(15-7-5-4-6-8-15)13-26(3)23(21)18-12-16(24)9-10-19(18)25-22(23)28/h4-12,17,21H,13H2,1-3H3,(H,25,28)/t17-,21+,23-/m1/s1. The van der Waals surface area contributed by atoms with Crippen molar-refractivity contribution < 1.29 is 9.59 Å². The van der Waals surface area contributed by atoms with E-state index in [1.54, 1.807) is 6.08 Å². The van der Waals surface area contributed by atoms with Crippen LogP contribution in [-0.4, -0.2) is 30.2 Å². The molecule has 0 aromatic heterocycles. The Hall–Kier alpha value is -2.24. The van der Waals surface area contributed by atoms with Crippen LogP contribution in [0.25, 0.3) is 0 Å². The van der Waals surface area contributed by atoms with Gasteiger partial charge < -0.3 is 5.32 Å². The molecule has 2 aliphatic rings.